The van der Waals surface area contributed by atoms with Crippen molar-refractivity contribution in [2.24, 2.45) is 0 Å². The molecule has 0 radical (unpaired) electrons. The third kappa shape index (κ3) is 4.32. The molecule has 126 valence electrons. The normalized spacial score (nSPS) is 11.0. The Morgan fingerprint density at radius 1 is 1.16 bits per heavy atom. The van der Waals surface area contributed by atoms with Crippen molar-refractivity contribution in [3.05, 3.63) is 75.9 Å². The Kier molecular flexibility index (Phi) is 5.26. The number of nitrogen functional groups attached to an aromatic ring is 1. The van der Waals surface area contributed by atoms with E-state index < -0.39 is 0 Å². The molecule has 2 aromatic carbocycles. The molecule has 0 aliphatic carbocycles. The van der Waals surface area contributed by atoms with E-state index in [1.807, 2.05) is 24.3 Å². The molecule has 0 aliphatic heterocycles. The smallest absolute Gasteiger partial charge is 0.248 e. The van der Waals surface area contributed by atoms with E-state index in [2.05, 4.69) is 21.2 Å². The lowest BCUT2D eigenvalue weighted by Crippen LogP contribution is -2.08. The molecule has 0 aliphatic rings. The largest absolute Gasteiger partial charge is 0.457 e. The summed E-state index contributed by atoms with van der Waals surface area (Å²) in [4.78, 5) is 12.0. The summed E-state index contributed by atoms with van der Waals surface area (Å²) in [5.74, 6) is 0.926. The van der Waals surface area contributed by atoms with Crippen molar-refractivity contribution in [1.82, 2.24) is 0 Å². The lowest BCUT2D eigenvalue weighted by molar-refractivity contribution is -0.111. The fourth-order valence-electron chi connectivity index (χ4n) is 2.21. The quantitative estimate of drug-likeness (QED) is 0.429. The predicted octanol–water partition coefficient (Wildman–Crippen LogP) is 5.60. The van der Waals surface area contributed by atoms with Gasteiger partial charge in [-0.15, -0.1) is 0 Å². The predicted molar refractivity (Wildman–Crippen MR) is 105 cm³/mol. The third-order valence-corrected chi connectivity index (χ3v) is 4.40. The van der Waals surface area contributed by atoms with Gasteiger partial charge in [0.05, 0.1) is 10.7 Å². The molecular formula is C19H14BrClN2O2. The van der Waals surface area contributed by atoms with Crippen LogP contribution in [0.4, 0.5) is 11.4 Å². The van der Waals surface area contributed by atoms with Gasteiger partial charge in [-0.3, -0.25) is 4.79 Å². The first-order chi connectivity index (χ1) is 12.0. The molecule has 3 N–H and O–H groups in total. The number of nitrogens with two attached hydrogens (primary N) is 1. The molecule has 0 fully saturated rings. The summed E-state index contributed by atoms with van der Waals surface area (Å²) in [6.45, 7) is 0. The number of carbonyl (C=O) groups excluding carboxylic acids is 1. The van der Waals surface area contributed by atoms with Crippen LogP contribution in [0.1, 0.15) is 5.76 Å². The van der Waals surface area contributed by atoms with Crippen molar-refractivity contribution in [3.8, 4) is 11.3 Å². The molecule has 0 saturated heterocycles. The maximum Gasteiger partial charge on any atom is 0.248 e. The van der Waals surface area contributed by atoms with E-state index in [0.717, 1.165) is 5.56 Å². The van der Waals surface area contributed by atoms with Gasteiger partial charge >= 0.3 is 0 Å². The number of nitrogens with one attached hydrogen (secondary N) is 1. The first-order valence-electron chi connectivity index (χ1n) is 7.42. The van der Waals surface area contributed by atoms with Crippen molar-refractivity contribution >= 4 is 50.9 Å². The number of benzene rings is 2. The Bertz CT molecular complexity index is 950. The van der Waals surface area contributed by atoms with Crippen molar-refractivity contribution in [2.45, 2.75) is 0 Å². The van der Waals surface area contributed by atoms with Crippen LogP contribution >= 0.6 is 27.5 Å². The summed E-state index contributed by atoms with van der Waals surface area (Å²) < 4.78 is 6.43. The van der Waals surface area contributed by atoms with Gasteiger partial charge in [-0.1, -0.05) is 23.7 Å². The van der Waals surface area contributed by atoms with E-state index in [1.165, 1.54) is 6.08 Å². The summed E-state index contributed by atoms with van der Waals surface area (Å²) >= 11 is 9.51. The monoisotopic (exact) mass is 416 g/mol. The van der Waals surface area contributed by atoms with Crippen LogP contribution < -0.4 is 11.1 Å². The van der Waals surface area contributed by atoms with Crippen LogP contribution in [0.15, 0.2) is 69.6 Å². The number of amides is 1. The highest BCUT2D eigenvalue weighted by Crippen LogP contribution is 2.29. The summed E-state index contributed by atoms with van der Waals surface area (Å²) in [5.41, 5.74) is 7.73. The van der Waals surface area contributed by atoms with Gasteiger partial charge in [-0.2, -0.15) is 0 Å². The summed E-state index contributed by atoms with van der Waals surface area (Å²) in [6, 6.07) is 16.2. The van der Waals surface area contributed by atoms with Crippen LogP contribution in [-0.4, -0.2) is 5.91 Å². The second kappa shape index (κ2) is 7.59. The third-order valence-electron chi connectivity index (χ3n) is 3.42. The molecule has 0 bridgehead atoms. The van der Waals surface area contributed by atoms with E-state index in [9.17, 15) is 4.79 Å². The number of halogens is 2. The molecule has 3 rings (SSSR count). The van der Waals surface area contributed by atoms with E-state index in [1.54, 1.807) is 36.4 Å². The molecule has 6 heteroatoms. The first-order valence-corrected chi connectivity index (χ1v) is 8.59. The molecule has 0 unspecified atom stereocenters. The van der Waals surface area contributed by atoms with Gasteiger partial charge in [-0.05, 0) is 64.5 Å². The van der Waals surface area contributed by atoms with Crippen LogP contribution in [-0.2, 0) is 4.79 Å². The summed E-state index contributed by atoms with van der Waals surface area (Å²) in [5, 5.41) is 3.37. The average Bonchev–Trinajstić information content (AvgIpc) is 3.05. The molecule has 0 atom stereocenters. The van der Waals surface area contributed by atoms with Gasteiger partial charge in [0.2, 0.25) is 5.91 Å². The molecular weight excluding hydrogens is 404 g/mol. The minimum absolute atomic E-state index is 0.277. The lowest BCUT2D eigenvalue weighted by Gasteiger charge is -2.05. The molecule has 1 amide bonds. The second-order valence-electron chi connectivity index (χ2n) is 5.24. The zero-order valence-electron chi connectivity index (χ0n) is 13.0. The molecule has 1 aromatic heterocycles. The van der Waals surface area contributed by atoms with Gasteiger partial charge in [0.1, 0.15) is 11.5 Å². The van der Waals surface area contributed by atoms with Gasteiger partial charge in [0, 0.05) is 21.8 Å². The highest BCUT2D eigenvalue weighted by Gasteiger charge is 2.07. The molecule has 0 saturated carbocycles. The topological polar surface area (TPSA) is 68.3 Å². The fourth-order valence-corrected chi connectivity index (χ4v) is 2.94. The molecule has 4 nitrogen and oxygen atoms in total. The van der Waals surface area contributed by atoms with E-state index in [-0.39, 0.29) is 5.91 Å². The number of hydrogen-bond acceptors (Lipinski definition) is 3. The zero-order valence-corrected chi connectivity index (χ0v) is 15.3. The van der Waals surface area contributed by atoms with Crippen LogP contribution in [0.25, 0.3) is 17.4 Å². The SMILES string of the molecule is Nc1ccc(NC(=O)/C=C/c2ccc(-c3ccccc3Cl)o2)c(Br)c1. The van der Waals surface area contributed by atoms with Crippen LogP contribution in [0.3, 0.4) is 0 Å². The summed E-state index contributed by atoms with van der Waals surface area (Å²) in [6.07, 6.45) is 3.00. The highest BCUT2D eigenvalue weighted by molar-refractivity contribution is 9.10. The Morgan fingerprint density at radius 3 is 2.72 bits per heavy atom. The minimum atomic E-state index is -0.277. The maximum absolute atomic E-state index is 12.0. The Labute approximate surface area is 158 Å². The van der Waals surface area contributed by atoms with Gasteiger partial charge in [-0.25, -0.2) is 0 Å². The molecule has 3 aromatic rings. The number of rotatable bonds is 4. The van der Waals surface area contributed by atoms with Gasteiger partial charge < -0.3 is 15.5 Å². The lowest BCUT2D eigenvalue weighted by atomic mass is 10.2. The van der Waals surface area contributed by atoms with E-state index in [0.29, 0.717) is 32.4 Å². The van der Waals surface area contributed by atoms with Crippen molar-refractivity contribution in [2.75, 3.05) is 11.1 Å². The maximum atomic E-state index is 12.0. The molecule has 25 heavy (non-hydrogen) atoms. The Hall–Kier alpha value is -2.50. The number of carbonyl (C=O) groups is 1. The van der Waals surface area contributed by atoms with Crippen molar-refractivity contribution in [3.63, 3.8) is 0 Å². The summed E-state index contributed by atoms with van der Waals surface area (Å²) in [7, 11) is 0. The standard InChI is InChI=1S/C19H14BrClN2O2/c20-15-11-12(22)5-8-17(15)23-19(24)10-7-13-6-9-18(25-13)14-3-1-2-4-16(14)21/h1-11H,22H2,(H,23,24)/b10-7+. The van der Waals surface area contributed by atoms with Crippen LogP contribution in [0.2, 0.25) is 5.02 Å². The molecule has 1 heterocycles. The van der Waals surface area contributed by atoms with Gasteiger partial charge in [0.15, 0.2) is 0 Å². The number of anilines is 2. The van der Waals surface area contributed by atoms with Crippen molar-refractivity contribution in [1.29, 1.82) is 0 Å². The zero-order chi connectivity index (χ0) is 17.8. The Morgan fingerprint density at radius 2 is 1.96 bits per heavy atom. The number of furan rings is 1. The van der Waals surface area contributed by atoms with E-state index >= 15 is 0 Å². The number of hydrogen-bond donors (Lipinski definition) is 2. The van der Waals surface area contributed by atoms with Crippen LogP contribution in [0.5, 0.6) is 0 Å². The average molecular weight is 418 g/mol. The highest BCUT2D eigenvalue weighted by atomic mass is 79.9. The second-order valence-corrected chi connectivity index (χ2v) is 6.51. The Balaban J connectivity index is 1.70. The molecule has 0 spiro atoms. The first kappa shape index (κ1) is 17.3. The fraction of sp³-hybridized carbons (Fsp3) is 0. The van der Waals surface area contributed by atoms with Crippen LogP contribution in [0, 0.1) is 0 Å². The minimum Gasteiger partial charge on any atom is -0.457 e. The van der Waals surface area contributed by atoms with E-state index in [4.69, 9.17) is 21.8 Å². The van der Waals surface area contributed by atoms with Crippen molar-refractivity contribution < 1.29 is 9.21 Å². The van der Waals surface area contributed by atoms with Gasteiger partial charge in [0.25, 0.3) is 0 Å².